The van der Waals surface area contributed by atoms with Gasteiger partial charge in [-0.05, 0) is 34.5 Å². The maximum atomic E-state index is 5.58. The SMILES string of the molecule is Brc1csc(NCCCOc2ccccc2)n1. The Labute approximate surface area is 113 Å². The zero-order chi connectivity index (χ0) is 11.9. The van der Waals surface area contributed by atoms with Crippen LogP contribution in [0.3, 0.4) is 0 Å². The lowest BCUT2D eigenvalue weighted by atomic mass is 10.3. The average Bonchev–Trinajstić information content (AvgIpc) is 2.76. The first-order valence-electron chi connectivity index (χ1n) is 5.37. The van der Waals surface area contributed by atoms with Crippen LogP contribution in [0.2, 0.25) is 0 Å². The van der Waals surface area contributed by atoms with E-state index in [2.05, 4.69) is 26.2 Å². The van der Waals surface area contributed by atoms with Crippen LogP contribution in [0.1, 0.15) is 6.42 Å². The van der Waals surface area contributed by atoms with Gasteiger partial charge < -0.3 is 10.1 Å². The van der Waals surface area contributed by atoms with Gasteiger partial charge in [-0.1, -0.05) is 18.2 Å². The minimum absolute atomic E-state index is 0.712. The van der Waals surface area contributed by atoms with Crippen LogP contribution in [-0.2, 0) is 0 Å². The molecule has 0 amide bonds. The van der Waals surface area contributed by atoms with Crippen molar-refractivity contribution in [3.05, 3.63) is 40.3 Å². The Balaban J connectivity index is 1.61. The molecule has 0 spiro atoms. The van der Waals surface area contributed by atoms with Gasteiger partial charge >= 0.3 is 0 Å². The molecule has 1 aromatic carbocycles. The zero-order valence-electron chi connectivity index (χ0n) is 9.23. The molecule has 0 aliphatic rings. The van der Waals surface area contributed by atoms with Gasteiger partial charge in [-0.3, -0.25) is 0 Å². The highest BCUT2D eigenvalue weighted by atomic mass is 79.9. The number of rotatable bonds is 6. The number of benzene rings is 1. The molecule has 0 saturated carbocycles. The Morgan fingerprint density at radius 1 is 1.29 bits per heavy atom. The molecule has 1 N–H and O–H groups in total. The van der Waals surface area contributed by atoms with Crippen LogP contribution in [0.25, 0.3) is 0 Å². The fraction of sp³-hybridized carbons (Fsp3) is 0.250. The fourth-order valence-electron chi connectivity index (χ4n) is 1.31. The second kappa shape index (κ2) is 6.61. The molecule has 0 unspecified atom stereocenters. The Bertz CT molecular complexity index is 447. The molecule has 0 aliphatic carbocycles. The van der Waals surface area contributed by atoms with E-state index in [1.165, 1.54) is 0 Å². The maximum Gasteiger partial charge on any atom is 0.183 e. The second-order valence-electron chi connectivity index (χ2n) is 3.42. The van der Waals surface area contributed by atoms with E-state index in [0.717, 1.165) is 28.4 Å². The first-order valence-corrected chi connectivity index (χ1v) is 7.04. The molecule has 0 bridgehead atoms. The Morgan fingerprint density at radius 2 is 2.12 bits per heavy atom. The minimum atomic E-state index is 0.712. The van der Waals surface area contributed by atoms with E-state index < -0.39 is 0 Å². The van der Waals surface area contributed by atoms with Crippen LogP contribution in [0, 0.1) is 0 Å². The van der Waals surface area contributed by atoms with Crippen LogP contribution in [-0.4, -0.2) is 18.1 Å². The summed E-state index contributed by atoms with van der Waals surface area (Å²) >= 11 is 4.91. The Hall–Kier alpha value is -1.07. The van der Waals surface area contributed by atoms with E-state index >= 15 is 0 Å². The van der Waals surface area contributed by atoms with Crippen molar-refractivity contribution in [3.8, 4) is 5.75 Å². The molecular formula is C12H13BrN2OS. The van der Waals surface area contributed by atoms with Gasteiger partial charge in [-0.15, -0.1) is 11.3 Å². The van der Waals surface area contributed by atoms with Crippen molar-refractivity contribution in [1.29, 1.82) is 0 Å². The van der Waals surface area contributed by atoms with Gasteiger partial charge in [0.15, 0.2) is 5.13 Å². The predicted octanol–water partition coefficient (Wildman–Crippen LogP) is 3.79. The van der Waals surface area contributed by atoms with Crippen molar-refractivity contribution in [1.82, 2.24) is 4.98 Å². The second-order valence-corrected chi connectivity index (χ2v) is 5.09. The number of thiazole rings is 1. The molecule has 0 atom stereocenters. The summed E-state index contributed by atoms with van der Waals surface area (Å²) in [5.74, 6) is 0.921. The average molecular weight is 313 g/mol. The molecule has 1 aromatic heterocycles. The van der Waals surface area contributed by atoms with E-state index in [-0.39, 0.29) is 0 Å². The lowest BCUT2D eigenvalue weighted by Crippen LogP contribution is -2.06. The van der Waals surface area contributed by atoms with Gasteiger partial charge in [-0.25, -0.2) is 4.98 Å². The molecule has 0 aliphatic heterocycles. The Kier molecular flexibility index (Phi) is 4.82. The molecule has 90 valence electrons. The van der Waals surface area contributed by atoms with Gasteiger partial charge in [0.25, 0.3) is 0 Å². The number of hydrogen-bond acceptors (Lipinski definition) is 4. The number of aromatic nitrogens is 1. The normalized spacial score (nSPS) is 10.2. The molecule has 1 heterocycles. The number of anilines is 1. The number of nitrogens with one attached hydrogen (secondary N) is 1. The molecule has 17 heavy (non-hydrogen) atoms. The summed E-state index contributed by atoms with van der Waals surface area (Å²) in [5.41, 5.74) is 0. The summed E-state index contributed by atoms with van der Waals surface area (Å²) in [6.45, 7) is 1.58. The quantitative estimate of drug-likeness (QED) is 0.824. The van der Waals surface area contributed by atoms with E-state index in [1.807, 2.05) is 35.7 Å². The lowest BCUT2D eigenvalue weighted by Gasteiger charge is -2.06. The minimum Gasteiger partial charge on any atom is -0.494 e. The molecule has 0 saturated heterocycles. The lowest BCUT2D eigenvalue weighted by molar-refractivity contribution is 0.315. The Morgan fingerprint density at radius 3 is 2.82 bits per heavy atom. The molecule has 0 radical (unpaired) electrons. The number of nitrogens with zero attached hydrogens (tertiary/aromatic N) is 1. The predicted molar refractivity (Wildman–Crippen MR) is 74.9 cm³/mol. The largest absolute Gasteiger partial charge is 0.494 e. The number of para-hydroxylation sites is 1. The number of hydrogen-bond donors (Lipinski definition) is 1. The third-order valence-corrected chi connectivity index (χ3v) is 3.59. The monoisotopic (exact) mass is 312 g/mol. The van der Waals surface area contributed by atoms with Crippen LogP contribution in [0.4, 0.5) is 5.13 Å². The summed E-state index contributed by atoms with van der Waals surface area (Å²) in [4.78, 5) is 4.25. The van der Waals surface area contributed by atoms with Gasteiger partial charge in [-0.2, -0.15) is 0 Å². The summed E-state index contributed by atoms with van der Waals surface area (Å²) in [5, 5.41) is 6.15. The van der Waals surface area contributed by atoms with Crippen LogP contribution >= 0.6 is 27.3 Å². The first-order chi connectivity index (χ1) is 8.34. The van der Waals surface area contributed by atoms with E-state index in [0.29, 0.717) is 6.61 Å². The van der Waals surface area contributed by atoms with Crippen molar-refractivity contribution >= 4 is 32.4 Å². The zero-order valence-corrected chi connectivity index (χ0v) is 11.6. The van der Waals surface area contributed by atoms with Crippen molar-refractivity contribution in [3.63, 3.8) is 0 Å². The summed E-state index contributed by atoms with van der Waals surface area (Å²) in [6.07, 6.45) is 0.950. The van der Waals surface area contributed by atoms with Crippen LogP contribution in [0.5, 0.6) is 5.75 Å². The van der Waals surface area contributed by atoms with Gasteiger partial charge in [0, 0.05) is 11.9 Å². The molecule has 0 fully saturated rings. The smallest absolute Gasteiger partial charge is 0.183 e. The van der Waals surface area contributed by atoms with Gasteiger partial charge in [0.05, 0.1) is 6.61 Å². The summed E-state index contributed by atoms with van der Waals surface area (Å²) in [7, 11) is 0. The van der Waals surface area contributed by atoms with E-state index in [9.17, 15) is 0 Å². The topological polar surface area (TPSA) is 34.1 Å². The van der Waals surface area contributed by atoms with Crippen molar-refractivity contribution < 1.29 is 4.74 Å². The summed E-state index contributed by atoms with van der Waals surface area (Å²) < 4.78 is 6.46. The molecular weight excluding hydrogens is 300 g/mol. The van der Waals surface area contributed by atoms with Gasteiger partial charge in [0.2, 0.25) is 0 Å². The molecule has 2 rings (SSSR count). The third-order valence-electron chi connectivity index (χ3n) is 2.09. The number of halogens is 1. The third kappa shape index (κ3) is 4.36. The van der Waals surface area contributed by atoms with Crippen molar-refractivity contribution in [2.45, 2.75) is 6.42 Å². The maximum absolute atomic E-state index is 5.58. The van der Waals surface area contributed by atoms with E-state index in [1.54, 1.807) is 11.3 Å². The molecule has 2 aromatic rings. The van der Waals surface area contributed by atoms with Crippen molar-refractivity contribution in [2.75, 3.05) is 18.5 Å². The highest BCUT2D eigenvalue weighted by Gasteiger charge is 1.97. The van der Waals surface area contributed by atoms with Crippen molar-refractivity contribution in [2.24, 2.45) is 0 Å². The van der Waals surface area contributed by atoms with Crippen LogP contribution in [0.15, 0.2) is 40.3 Å². The number of ether oxygens (including phenoxy) is 1. The molecule has 5 heteroatoms. The van der Waals surface area contributed by atoms with Gasteiger partial charge in [0.1, 0.15) is 10.4 Å². The standard InChI is InChI=1S/C12H13BrN2OS/c13-11-9-17-12(15-11)14-7-4-8-16-10-5-2-1-3-6-10/h1-3,5-6,9H,4,7-8H2,(H,14,15). The van der Waals surface area contributed by atoms with E-state index in [4.69, 9.17) is 4.74 Å². The molecule has 3 nitrogen and oxygen atoms in total. The highest BCUT2D eigenvalue weighted by Crippen LogP contribution is 2.19. The fourth-order valence-corrected chi connectivity index (χ4v) is 2.48. The highest BCUT2D eigenvalue weighted by molar-refractivity contribution is 9.10. The first kappa shape index (κ1) is 12.4. The van der Waals surface area contributed by atoms with Crippen LogP contribution < -0.4 is 10.1 Å². The summed E-state index contributed by atoms with van der Waals surface area (Å²) in [6, 6.07) is 9.85.